The van der Waals surface area contributed by atoms with E-state index in [2.05, 4.69) is 22.4 Å². The van der Waals surface area contributed by atoms with Crippen LogP contribution in [0.25, 0.3) is 0 Å². The number of amides is 1. The van der Waals surface area contributed by atoms with Crippen LogP contribution in [0.1, 0.15) is 35.7 Å². The van der Waals surface area contributed by atoms with Gasteiger partial charge in [0, 0.05) is 12.6 Å². The fourth-order valence-electron chi connectivity index (χ4n) is 2.85. The molecule has 126 valence electrons. The molecule has 3 aromatic rings. The molecule has 1 amide bonds. The van der Waals surface area contributed by atoms with Gasteiger partial charge in [-0.3, -0.25) is 9.78 Å². The third-order valence-corrected chi connectivity index (χ3v) is 4.13. The summed E-state index contributed by atoms with van der Waals surface area (Å²) in [5.74, 6) is 0.0513. The van der Waals surface area contributed by atoms with Crippen molar-refractivity contribution in [2.75, 3.05) is 0 Å². The molecule has 0 radical (unpaired) electrons. The van der Waals surface area contributed by atoms with Crippen molar-refractivity contribution in [3.63, 3.8) is 0 Å². The summed E-state index contributed by atoms with van der Waals surface area (Å²) in [5, 5.41) is 3.13. The van der Waals surface area contributed by atoms with Gasteiger partial charge in [0.2, 0.25) is 5.91 Å². The summed E-state index contributed by atoms with van der Waals surface area (Å²) in [6.07, 6.45) is 4.01. The van der Waals surface area contributed by atoms with Crippen molar-refractivity contribution in [1.29, 1.82) is 0 Å². The van der Waals surface area contributed by atoms with Crippen LogP contribution in [0.4, 0.5) is 0 Å². The van der Waals surface area contributed by atoms with Gasteiger partial charge in [0.1, 0.15) is 0 Å². The zero-order valence-electron chi connectivity index (χ0n) is 14.1. The quantitative estimate of drug-likeness (QED) is 0.701. The zero-order chi connectivity index (χ0) is 17.3. The fraction of sp³-hybridized carbons (Fsp3) is 0.182. The first-order chi connectivity index (χ1) is 12.3. The van der Waals surface area contributed by atoms with Gasteiger partial charge >= 0.3 is 0 Å². The molecule has 0 saturated heterocycles. The van der Waals surface area contributed by atoms with Gasteiger partial charge in [-0.15, -0.1) is 0 Å². The Balaban J connectivity index is 1.63. The van der Waals surface area contributed by atoms with Gasteiger partial charge < -0.3 is 5.32 Å². The molecule has 1 N–H and O–H groups in total. The molecular formula is C22H22N2O. The molecule has 0 saturated carbocycles. The van der Waals surface area contributed by atoms with Crippen LogP contribution in [-0.4, -0.2) is 10.9 Å². The molecular weight excluding hydrogens is 308 g/mol. The predicted octanol–water partition coefficient (Wildman–Crippen LogP) is 4.31. The summed E-state index contributed by atoms with van der Waals surface area (Å²) in [4.78, 5) is 16.9. The Morgan fingerprint density at radius 2 is 1.56 bits per heavy atom. The highest BCUT2D eigenvalue weighted by molar-refractivity contribution is 5.76. The van der Waals surface area contributed by atoms with Gasteiger partial charge in [-0.1, -0.05) is 66.7 Å². The number of aryl methyl sites for hydroxylation is 1. The number of nitrogens with one attached hydrogen (secondary N) is 1. The Kier molecular flexibility index (Phi) is 5.94. The van der Waals surface area contributed by atoms with E-state index in [4.69, 9.17) is 0 Å². The van der Waals surface area contributed by atoms with Crippen molar-refractivity contribution in [2.24, 2.45) is 0 Å². The van der Waals surface area contributed by atoms with Crippen molar-refractivity contribution >= 4 is 5.91 Å². The lowest BCUT2D eigenvalue weighted by atomic mass is 10.0. The Morgan fingerprint density at radius 3 is 2.24 bits per heavy atom. The molecule has 25 heavy (non-hydrogen) atoms. The van der Waals surface area contributed by atoms with Crippen LogP contribution in [-0.2, 0) is 11.2 Å². The van der Waals surface area contributed by atoms with Gasteiger partial charge in [-0.25, -0.2) is 0 Å². The van der Waals surface area contributed by atoms with Gasteiger partial charge in [-0.05, 0) is 36.1 Å². The molecule has 1 aromatic heterocycles. The third-order valence-electron chi connectivity index (χ3n) is 4.13. The average Bonchev–Trinajstić information content (AvgIpc) is 2.68. The number of hydrogen-bond acceptors (Lipinski definition) is 2. The molecule has 2 aromatic carbocycles. The zero-order valence-corrected chi connectivity index (χ0v) is 14.1. The number of benzene rings is 2. The highest BCUT2D eigenvalue weighted by Crippen LogP contribution is 2.20. The van der Waals surface area contributed by atoms with E-state index < -0.39 is 0 Å². The Morgan fingerprint density at radius 1 is 0.880 bits per heavy atom. The predicted molar refractivity (Wildman–Crippen MR) is 100 cm³/mol. The Bertz CT molecular complexity index is 733. The van der Waals surface area contributed by atoms with Crippen LogP contribution in [0.5, 0.6) is 0 Å². The topological polar surface area (TPSA) is 42.0 Å². The van der Waals surface area contributed by atoms with Crippen molar-refractivity contribution in [1.82, 2.24) is 10.3 Å². The Labute approximate surface area is 148 Å². The molecule has 3 nitrogen and oxygen atoms in total. The molecule has 1 atom stereocenters. The maximum absolute atomic E-state index is 12.5. The molecule has 0 fully saturated rings. The van der Waals surface area contributed by atoms with E-state index in [9.17, 15) is 4.79 Å². The maximum Gasteiger partial charge on any atom is 0.220 e. The van der Waals surface area contributed by atoms with Gasteiger partial charge in [0.05, 0.1) is 11.7 Å². The van der Waals surface area contributed by atoms with E-state index in [0.29, 0.717) is 6.42 Å². The third kappa shape index (κ3) is 5.01. The van der Waals surface area contributed by atoms with Gasteiger partial charge in [0.25, 0.3) is 0 Å². The highest BCUT2D eigenvalue weighted by atomic mass is 16.1. The second kappa shape index (κ2) is 8.78. The summed E-state index contributed by atoms with van der Waals surface area (Å²) in [6, 6.07) is 25.8. The van der Waals surface area contributed by atoms with E-state index in [1.807, 2.05) is 66.7 Å². The highest BCUT2D eigenvalue weighted by Gasteiger charge is 2.17. The standard InChI is InChI=1S/C22H22N2O/c25-21(16-9-12-18-10-3-1-4-11-18)24-22(19-13-5-2-6-14-19)20-15-7-8-17-23-20/h1-8,10-11,13-15,17,22H,9,12,16H2,(H,24,25). The molecule has 0 aliphatic rings. The first-order valence-electron chi connectivity index (χ1n) is 8.62. The Hall–Kier alpha value is -2.94. The van der Waals surface area contributed by atoms with Crippen LogP contribution < -0.4 is 5.32 Å². The minimum atomic E-state index is -0.216. The van der Waals surface area contributed by atoms with Crippen LogP contribution in [0.2, 0.25) is 0 Å². The smallest absolute Gasteiger partial charge is 0.220 e. The first kappa shape index (κ1) is 16.9. The van der Waals surface area contributed by atoms with Crippen molar-refractivity contribution in [2.45, 2.75) is 25.3 Å². The van der Waals surface area contributed by atoms with Crippen LogP contribution >= 0.6 is 0 Å². The summed E-state index contributed by atoms with van der Waals surface area (Å²) >= 11 is 0. The SMILES string of the molecule is O=C(CCCc1ccccc1)NC(c1ccccc1)c1ccccn1. The van der Waals surface area contributed by atoms with Crippen LogP contribution in [0.15, 0.2) is 85.1 Å². The summed E-state index contributed by atoms with van der Waals surface area (Å²) in [5.41, 5.74) is 3.15. The lowest BCUT2D eigenvalue weighted by Gasteiger charge is -2.19. The second-order valence-electron chi connectivity index (χ2n) is 6.00. The number of aromatic nitrogens is 1. The largest absolute Gasteiger partial charge is 0.344 e. The molecule has 3 rings (SSSR count). The van der Waals surface area contributed by atoms with Crippen molar-refractivity contribution < 1.29 is 4.79 Å². The summed E-state index contributed by atoms with van der Waals surface area (Å²) < 4.78 is 0. The van der Waals surface area contributed by atoms with Crippen LogP contribution in [0, 0.1) is 0 Å². The lowest BCUT2D eigenvalue weighted by Crippen LogP contribution is -2.29. The lowest BCUT2D eigenvalue weighted by molar-refractivity contribution is -0.121. The summed E-state index contributed by atoms with van der Waals surface area (Å²) in [7, 11) is 0. The molecule has 1 heterocycles. The number of nitrogens with zero attached hydrogens (tertiary/aromatic N) is 1. The number of carbonyl (C=O) groups is 1. The van der Waals surface area contributed by atoms with Gasteiger partial charge in [0.15, 0.2) is 0 Å². The van der Waals surface area contributed by atoms with Crippen LogP contribution in [0.3, 0.4) is 0 Å². The summed E-state index contributed by atoms with van der Waals surface area (Å²) in [6.45, 7) is 0. The van der Waals surface area contributed by atoms with E-state index in [0.717, 1.165) is 24.1 Å². The van der Waals surface area contributed by atoms with E-state index in [1.54, 1.807) is 6.20 Å². The molecule has 0 spiro atoms. The second-order valence-corrected chi connectivity index (χ2v) is 6.00. The molecule has 3 heteroatoms. The molecule has 0 aliphatic heterocycles. The number of carbonyl (C=O) groups excluding carboxylic acids is 1. The minimum absolute atomic E-state index is 0.0513. The average molecular weight is 330 g/mol. The number of hydrogen-bond donors (Lipinski definition) is 1. The number of rotatable bonds is 7. The minimum Gasteiger partial charge on any atom is -0.344 e. The van der Waals surface area contributed by atoms with E-state index in [-0.39, 0.29) is 11.9 Å². The molecule has 0 bridgehead atoms. The fourth-order valence-corrected chi connectivity index (χ4v) is 2.85. The first-order valence-corrected chi connectivity index (χ1v) is 8.62. The van der Waals surface area contributed by atoms with Crippen molar-refractivity contribution in [3.05, 3.63) is 102 Å². The maximum atomic E-state index is 12.5. The molecule has 0 aliphatic carbocycles. The monoisotopic (exact) mass is 330 g/mol. The molecule has 1 unspecified atom stereocenters. The van der Waals surface area contributed by atoms with Crippen molar-refractivity contribution in [3.8, 4) is 0 Å². The normalized spacial score (nSPS) is 11.7. The van der Waals surface area contributed by atoms with Gasteiger partial charge in [-0.2, -0.15) is 0 Å². The van der Waals surface area contributed by atoms with E-state index >= 15 is 0 Å². The van der Waals surface area contributed by atoms with E-state index in [1.165, 1.54) is 5.56 Å². The number of pyridine rings is 1.